The quantitative estimate of drug-likeness (QED) is 0.0941. The Morgan fingerprint density at radius 1 is 0.915 bits per heavy atom. The van der Waals surface area contributed by atoms with Crippen LogP contribution in [0.5, 0.6) is 11.5 Å². The summed E-state index contributed by atoms with van der Waals surface area (Å²) in [5, 5.41) is 4.98. The van der Waals surface area contributed by atoms with E-state index in [1.54, 1.807) is 103 Å². The second-order valence-corrected chi connectivity index (χ2v) is 11.9. The molecule has 1 unspecified atom stereocenters. The number of hydrogen-bond donors (Lipinski definition) is 2. The summed E-state index contributed by atoms with van der Waals surface area (Å²) < 4.78 is 11.1. The number of carbonyl (C=O) groups is 4. The van der Waals surface area contributed by atoms with Crippen LogP contribution in [0.25, 0.3) is 6.08 Å². The first kappa shape index (κ1) is 33.0. The van der Waals surface area contributed by atoms with Crippen molar-refractivity contribution in [1.82, 2.24) is 5.32 Å². The number of nitrogens with zero attached hydrogens (tertiary/aromatic N) is 1. The van der Waals surface area contributed by atoms with Gasteiger partial charge in [-0.1, -0.05) is 49.7 Å². The highest BCUT2D eigenvalue weighted by molar-refractivity contribution is 8.00. The number of anilines is 2. The van der Waals surface area contributed by atoms with Crippen molar-refractivity contribution in [2.45, 2.75) is 36.3 Å². The summed E-state index contributed by atoms with van der Waals surface area (Å²) >= 11 is 1.29. The van der Waals surface area contributed by atoms with Crippen LogP contribution in [0.4, 0.5) is 11.4 Å². The van der Waals surface area contributed by atoms with Gasteiger partial charge < -0.3 is 20.1 Å². The smallest absolute Gasteiger partial charge is 0.272 e. The van der Waals surface area contributed by atoms with Gasteiger partial charge in [-0.3, -0.25) is 19.2 Å². The minimum Gasteiger partial charge on any atom is -0.496 e. The Kier molecular flexibility index (Phi) is 11.1. The zero-order chi connectivity index (χ0) is 33.2. The van der Waals surface area contributed by atoms with Crippen molar-refractivity contribution < 1.29 is 28.7 Å². The molecular formula is C37H35N3O6S. The number of imide groups is 1. The average Bonchev–Trinajstić information content (AvgIpc) is 3.37. The predicted octanol–water partition coefficient (Wildman–Crippen LogP) is 6.71. The van der Waals surface area contributed by atoms with Crippen LogP contribution in [0.2, 0.25) is 0 Å². The number of ether oxygens (including phenoxy) is 2. The molecule has 0 saturated carbocycles. The third kappa shape index (κ3) is 8.47. The van der Waals surface area contributed by atoms with Gasteiger partial charge in [-0.05, 0) is 79.2 Å². The van der Waals surface area contributed by atoms with Crippen LogP contribution in [0, 0.1) is 0 Å². The van der Waals surface area contributed by atoms with Gasteiger partial charge in [0.05, 0.1) is 24.7 Å². The molecule has 4 aromatic rings. The summed E-state index contributed by atoms with van der Waals surface area (Å²) in [6.07, 6.45) is 3.62. The highest BCUT2D eigenvalue weighted by Gasteiger charge is 2.40. The lowest BCUT2D eigenvalue weighted by molar-refractivity contribution is -0.121. The number of methoxy groups -OCH3 is 1. The van der Waals surface area contributed by atoms with E-state index in [9.17, 15) is 19.2 Å². The largest absolute Gasteiger partial charge is 0.496 e. The zero-order valence-corrected chi connectivity index (χ0v) is 26.9. The number of amides is 4. The van der Waals surface area contributed by atoms with Crippen molar-refractivity contribution in [1.29, 1.82) is 0 Å². The van der Waals surface area contributed by atoms with E-state index in [-0.39, 0.29) is 23.9 Å². The molecule has 1 atom stereocenters. The topological polar surface area (TPSA) is 114 Å². The highest BCUT2D eigenvalue weighted by Crippen LogP contribution is 2.35. The molecule has 4 aromatic carbocycles. The lowest BCUT2D eigenvalue weighted by Crippen LogP contribution is -2.31. The fourth-order valence-corrected chi connectivity index (χ4v) is 5.91. The highest BCUT2D eigenvalue weighted by atomic mass is 32.2. The van der Waals surface area contributed by atoms with Crippen LogP contribution in [0.1, 0.15) is 42.1 Å². The Hall–Kier alpha value is -5.35. The van der Waals surface area contributed by atoms with Crippen LogP contribution < -0.4 is 25.0 Å². The molecule has 1 heterocycles. The number of rotatable bonds is 13. The summed E-state index contributed by atoms with van der Waals surface area (Å²) in [4.78, 5) is 54.5. The van der Waals surface area contributed by atoms with Crippen molar-refractivity contribution in [3.05, 3.63) is 120 Å². The Morgan fingerprint density at radius 3 is 2.32 bits per heavy atom. The average molecular weight is 650 g/mol. The lowest BCUT2D eigenvalue weighted by atomic mass is 10.1. The lowest BCUT2D eigenvalue weighted by Gasteiger charge is -2.16. The molecule has 5 rings (SSSR count). The Balaban J connectivity index is 1.25. The predicted molar refractivity (Wildman–Crippen MR) is 184 cm³/mol. The fraction of sp³-hybridized carbons (Fsp3) is 0.189. The maximum Gasteiger partial charge on any atom is 0.272 e. The van der Waals surface area contributed by atoms with E-state index in [1.807, 2.05) is 6.07 Å². The molecule has 0 spiro atoms. The van der Waals surface area contributed by atoms with E-state index < -0.39 is 17.1 Å². The molecule has 47 heavy (non-hydrogen) atoms. The number of nitrogens with one attached hydrogen (secondary N) is 2. The Bertz CT molecular complexity index is 1760. The molecule has 1 saturated heterocycles. The van der Waals surface area contributed by atoms with Gasteiger partial charge in [-0.2, -0.15) is 0 Å². The van der Waals surface area contributed by atoms with E-state index >= 15 is 0 Å². The minimum absolute atomic E-state index is 0.0255. The van der Waals surface area contributed by atoms with Crippen LogP contribution in [0.15, 0.2) is 114 Å². The summed E-state index contributed by atoms with van der Waals surface area (Å²) in [7, 11) is 1.53. The minimum atomic E-state index is -0.577. The maximum absolute atomic E-state index is 13.4. The first-order valence-electron chi connectivity index (χ1n) is 15.2. The van der Waals surface area contributed by atoms with Gasteiger partial charge in [0, 0.05) is 28.1 Å². The van der Waals surface area contributed by atoms with Crippen molar-refractivity contribution in [2.24, 2.45) is 0 Å². The number of para-hydroxylation sites is 1. The summed E-state index contributed by atoms with van der Waals surface area (Å²) in [5.41, 5.74) is 2.04. The zero-order valence-electron chi connectivity index (χ0n) is 26.1. The summed E-state index contributed by atoms with van der Waals surface area (Å²) in [6.45, 7) is 2.71. The van der Waals surface area contributed by atoms with E-state index in [4.69, 9.17) is 9.47 Å². The van der Waals surface area contributed by atoms with Crippen molar-refractivity contribution >= 4 is 52.8 Å². The van der Waals surface area contributed by atoms with Gasteiger partial charge in [0.2, 0.25) is 11.8 Å². The molecule has 2 N–H and O–H groups in total. The first-order chi connectivity index (χ1) is 22.9. The third-order valence-corrected chi connectivity index (χ3v) is 8.52. The van der Waals surface area contributed by atoms with Gasteiger partial charge in [-0.25, -0.2) is 4.90 Å². The molecule has 0 radical (unpaired) electrons. The third-order valence-electron chi connectivity index (χ3n) is 7.32. The molecular weight excluding hydrogens is 614 g/mol. The SMILES string of the molecule is CCCCOc1ccc(N2C(=O)CC(Sc3ccc(NC(=O)/C(=C/c4ccccc4OC)NC(=O)c4ccccc4)cc3)C2=O)cc1. The second kappa shape index (κ2) is 15.8. The van der Waals surface area contributed by atoms with E-state index in [1.165, 1.54) is 23.8 Å². The van der Waals surface area contributed by atoms with Crippen LogP contribution in [0.3, 0.4) is 0 Å². The number of hydrogen-bond acceptors (Lipinski definition) is 7. The van der Waals surface area contributed by atoms with Gasteiger partial charge in [-0.15, -0.1) is 11.8 Å². The van der Waals surface area contributed by atoms with Gasteiger partial charge in [0.25, 0.3) is 11.8 Å². The molecule has 0 aliphatic carbocycles. The number of carbonyl (C=O) groups excluding carboxylic acids is 4. The first-order valence-corrected chi connectivity index (χ1v) is 16.1. The van der Waals surface area contributed by atoms with E-state index in [0.717, 1.165) is 17.7 Å². The van der Waals surface area contributed by atoms with E-state index in [2.05, 4.69) is 17.6 Å². The van der Waals surface area contributed by atoms with Crippen LogP contribution in [-0.2, 0) is 14.4 Å². The van der Waals surface area contributed by atoms with Gasteiger partial charge in [0.15, 0.2) is 0 Å². The molecule has 10 heteroatoms. The van der Waals surface area contributed by atoms with Crippen LogP contribution >= 0.6 is 11.8 Å². The van der Waals surface area contributed by atoms with Crippen molar-refractivity contribution in [2.75, 3.05) is 23.9 Å². The van der Waals surface area contributed by atoms with Crippen molar-refractivity contribution in [3.63, 3.8) is 0 Å². The Labute approximate surface area is 278 Å². The maximum atomic E-state index is 13.4. The number of benzene rings is 4. The van der Waals surface area contributed by atoms with Crippen LogP contribution in [-0.4, -0.2) is 42.6 Å². The number of thioether (sulfide) groups is 1. The Morgan fingerprint density at radius 2 is 1.62 bits per heavy atom. The van der Waals surface area contributed by atoms with Crippen molar-refractivity contribution in [3.8, 4) is 11.5 Å². The molecule has 240 valence electrons. The second-order valence-electron chi connectivity index (χ2n) is 10.7. The molecule has 4 amide bonds. The molecule has 1 aliphatic heterocycles. The molecule has 1 fully saturated rings. The molecule has 9 nitrogen and oxygen atoms in total. The molecule has 0 bridgehead atoms. The standard InChI is InChI=1S/C37H35N3O6S/c1-3-4-22-46-29-18-16-28(17-19-29)40-34(41)24-33(37(40)44)47-30-20-14-27(15-21-30)38-36(43)31(23-26-12-8-9-13-32(26)45-2)39-35(42)25-10-6-5-7-11-25/h5-21,23,33H,3-4,22,24H2,1-2H3,(H,38,43)(H,39,42)/b31-23-. The fourth-order valence-electron chi connectivity index (χ4n) is 4.86. The van der Waals surface area contributed by atoms with Gasteiger partial charge >= 0.3 is 0 Å². The monoisotopic (exact) mass is 649 g/mol. The van der Waals surface area contributed by atoms with E-state index in [0.29, 0.717) is 40.6 Å². The normalized spacial score (nSPS) is 14.6. The molecule has 0 aromatic heterocycles. The van der Waals surface area contributed by atoms with Gasteiger partial charge in [0.1, 0.15) is 17.2 Å². The number of unbranched alkanes of at least 4 members (excludes halogenated alkanes) is 1. The molecule has 1 aliphatic rings. The summed E-state index contributed by atoms with van der Waals surface area (Å²) in [5.74, 6) is -0.273. The summed E-state index contributed by atoms with van der Waals surface area (Å²) in [6, 6.07) is 29.7.